The summed E-state index contributed by atoms with van der Waals surface area (Å²) >= 11 is 5.07. The first-order chi connectivity index (χ1) is 13.6. The molecule has 0 unspecified atom stereocenters. The molecule has 1 amide bonds. The molecule has 2 aromatic rings. The van der Waals surface area contributed by atoms with E-state index in [1.807, 2.05) is 37.3 Å². The number of thiocarbonyl (C=S) groups is 1. The summed E-state index contributed by atoms with van der Waals surface area (Å²) in [4.78, 5) is 11.8. The zero-order valence-electron chi connectivity index (χ0n) is 15.9. The van der Waals surface area contributed by atoms with Crippen LogP contribution in [0.1, 0.15) is 12.5 Å². The first kappa shape index (κ1) is 21.5. The molecule has 150 valence electrons. The maximum atomic E-state index is 11.8. The monoisotopic (exact) mass is 403 g/mol. The minimum atomic E-state index is -0.354. The van der Waals surface area contributed by atoms with Crippen molar-refractivity contribution in [2.75, 3.05) is 20.3 Å². The maximum absolute atomic E-state index is 11.8. The van der Waals surface area contributed by atoms with Gasteiger partial charge in [-0.1, -0.05) is 30.3 Å². The number of rotatable bonds is 9. The smallest absolute Gasteiger partial charge is 0.276 e. The Morgan fingerprint density at radius 3 is 2.29 bits per heavy atom. The highest BCUT2D eigenvalue weighted by atomic mass is 32.1. The third kappa shape index (κ3) is 8.24. The SMILES string of the molecule is COC[C@@H](C)NC(=S)NNC(=O)COc1ccc(OCc2ccccc2)cc1. The van der Waals surface area contributed by atoms with Crippen LogP contribution in [0.4, 0.5) is 0 Å². The quantitative estimate of drug-likeness (QED) is 0.437. The van der Waals surface area contributed by atoms with Gasteiger partial charge in [0, 0.05) is 13.2 Å². The number of hydrogen-bond donors (Lipinski definition) is 3. The van der Waals surface area contributed by atoms with Gasteiger partial charge in [-0.2, -0.15) is 0 Å². The molecule has 0 aliphatic carbocycles. The van der Waals surface area contributed by atoms with Crippen LogP contribution in [0.25, 0.3) is 0 Å². The number of nitrogens with one attached hydrogen (secondary N) is 3. The molecule has 7 nitrogen and oxygen atoms in total. The molecule has 0 aliphatic rings. The van der Waals surface area contributed by atoms with Crippen LogP contribution < -0.4 is 25.6 Å². The lowest BCUT2D eigenvalue weighted by Crippen LogP contribution is -2.50. The molecule has 0 bridgehead atoms. The second-order valence-electron chi connectivity index (χ2n) is 6.04. The summed E-state index contributed by atoms with van der Waals surface area (Å²) in [6.45, 7) is 2.76. The lowest BCUT2D eigenvalue weighted by Gasteiger charge is -2.16. The van der Waals surface area contributed by atoms with Gasteiger partial charge in [0.05, 0.1) is 6.61 Å². The van der Waals surface area contributed by atoms with Gasteiger partial charge in [-0.05, 0) is 49.0 Å². The van der Waals surface area contributed by atoms with Crippen molar-refractivity contribution in [3.63, 3.8) is 0 Å². The average molecular weight is 404 g/mol. The summed E-state index contributed by atoms with van der Waals surface area (Å²) in [7, 11) is 1.61. The second-order valence-corrected chi connectivity index (χ2v) is 6.45. The van der Waals surface area contributed by atoms with Gasteiger partial charge in [0.25, 0.3) is 5.91 Å². The van der Waals surface area contributed by atoms with Crippen molar-refractivity contribution < 1.29 is 19.0 Å². The molecule has 8 heteroatoms. The number of ether oxygens (including phenoxy) is 3. The predicted molar refractivity (Wildman–Crippen MR) is 111 cm³/mol. The summed E-state index contributed by atoms with van der Waals surface area (Å²) in [5, 5.41) is 3.27. The third-order valence-corrected chi connectivity index (χ3v) is 3.77. The number of hydrazine groups is 1. The molecule has 0 fully saturated rings. The maximum Gasteiger partial charge on any atom is 0.276 e. The highest BCUT2D eigenvalue weighted by molar-refractivity contribution is 7.80. The van der Waals surface area contributed by atoms with Crippen molar-refractivity contribution in [3.8, 4) is 11.5 Å². The Morgan fingerprint density at radius 1 is 1.00 bits per heavy atom. The van der Waals surface area contributed by atoms with Gasteiger partial charge in [0.1, 0.15) is 18.1 Å². The van der Waals surface area contributed by atoms with Crippen molar-refractivity contribution in [1.29, 1.82) is 0 Å². The van der Waals surface area contributed by atoms with Crippen LogP contribution in [0.15, 0.2) is 54.6 Å². The number of amides is 1. The summed E-state index contributed by atoms with van der Waals surface area (Å²) in [6.07, 6.45) is 0. The molecule has 0 aromatic heterocycles. The predicted octanol–water partition coefficient (Wildman–Crippen LogP) is 2.17. The number of benzene rings is 2. The average Bonchev–Trinajstić information content (AvgIpc) is 2.71. The normalized spacial score (nSPS) is 11.2. The minimum Gasteiger partial charge on any atom is -0.489 e. The van der Waals surface area contributed by atoms with Gasteiger partial charge in [-0.25, -0.2) is 0 Å². The molecule has 0 heterocycles. The molecular formula is C20H25N3O4S. The number of hydrogen-bond acceptors (Lipinski definition) is 5. The van der Waals surface area contributed by atoms with E-state index in [1.165, 1.54) is 0 Å². The highest BCUT2D eigenvalue weighted by Crippen LogP contribution is 2.18. The van der Waals surface area contributed by atoms with Gasteiger partial charge < -0.3 is 19.5 Å². The first-order valence-corrected chi connectivity index (χ1v) is 9.21. The van der Waals surface area contributed by atoms with Crippen molar-refractivity contribution in [2.45, 2.75) is 19.6 Å². The van der Waals surface area contributed by atoms with E-state index in [1.54, 1.807) is 31.4 Å². The number of carbonyl (C=O) groups is 1. The zero-order chi connectivity index (χ0) is 20.2. The topological polar surface area (TPSA) is 80.9 Å². The number of carbonyl (C=O) groups excluding carboxylic acids is 1. The van der Waals surface area contributed by atoms with Crippen molar-refractivity contribution in [3.05, 3.63) is 60.2 Å². The van der Waals surface area contributed by atoms with Gasteiger partial charge >= 0.3 is 0 Å². The lowest BCUT2D eigenvalue weighted by atomic mass is 10.2. The van der Waals surface area contributed by atoms with E-state index in [2.05, 4.69) is 16.2 Å². The molecule has 0 spiro atoms. The van der Waals surface area contributed by atoms with Crippen LogP contribution in [-0.2, 0) is 16.1 Å². The molecule has 2 aromatic carbocycles. The van der Waals surface area contributed by atoms with Gasteiger partial charge in [-0.15, -0.1) is 0 Å². The summed E-state index contributed by atoms with van der Waals surface area (Å²) in [5.74, 6) is 0.938. The van der Waals surface area contributed by atoms with E-state index in [4.69, 9.17) is 26.4 Å². The molecular weight excluding hydrogens is 378 g/mol. The summed E-state index contributed by atoms with van der Waals surface area (Å²) in [6, 6.07) is 17.0. The Balaban J connectivity index is 1.66. The highest BCUT2D eigenvalue weighted by Gasteiger charge is 2.06. The van der Waals surface area contributed by atoms with Crippen LogP contribution in [0, 0.1) is 0 Å². The van der Waals surface area contributed by atoms with Gasteiger partial charge in [0.2, 0.25) is 0 Å². The van der Waals surface area contributed by atoms with Gasteiger partial charge in [-0.3, -0.25) is 15.6 Å². The standard InChI is InChI=1S/C20H25N3O4S/c1-15(12-25-2)21-20(28)23-22-19(24)14-27-18-10-8-17(9-11-18)26-13-16-6-4-3-5-7-16/h3-11,15H,12-14H2,1-2H3,(H,22,24)(H2,21,23,28)/t15-/m1/s1. The Hall–Kier alpha value is -2.84. The summed E-state index contributed by atoms with van der Waals surface area (Å²) < 4.78 is 16.2. The van der Waals surface area contributed by atoms with E-state index in [9.17, 15) is 4.79 Å². The van der Waals surface area contributed by atoms with Crippen LogP contribution in [0.3, 0.4) is 0 Å². The van der Waals surface area contributed by atoms with E-state index in [0.29, 0.717) is 24.1 Å². The van der Waals surface area contributed by atoms with E-state index < -0.39 is 0 Å². The minimum absolute atomic E-state index is 0.0285. The molecule has 0 radical (unpaired) electrons. The van der Waals surface area contributed by atoms with E-state index in [-0.39, 0.29) is 18.6 Å². The molecule has 0 saturated heterocycles. The molecule has 28 heavy (non-hydrogen) atoms. The Morgan fingerprint density at radius 2 is 1.64 bits per heavy atom. The van der Waals surface area contributed by atoms with Crippen LogP contribution in [0.5, 0.6) is 11.5 Å². The summed E-state index contributed by atoms with van der Waals surface area (Å²) in [5.41, 5.74) is 6.18. The molecule has 0 saturated carbocycles. The Bertz CT molecular complexity index is 741. The Kier molecular flexibility index (Phi) is 9.03. The molecule has 1 atom stereocenters. The third-order valence-electron chi connectivity index (χ3n) is 3.55. The second kappa shape index (κ2) is 11.8. The zero-order valence-corrected chi connectivity index (χ0v) is 16.8. The fraction of sp³-hybridized carbons (Fsp3) is 0.300. The fourth-order valence-electron chi connectivity index (χ4n) is 2.24. The largest absolute Gasteiger partial charge is 0.489 e. The van der Waals surface area contributed by atoms with Crippen LogP contribution >= 0.6 is 12.2 Å². The van der Waals surface area contributed by atoms with E-state index in [0.717, 1.165) is 11.3 Å². The molecule has 2 rings (SSSR count). The van der Waals surface area contributed by atoms with Gasteiger partial charge in [0.15, 0.2) is 11.7 Å². The molecule has 0 aliphatic heterocycles. The van der Waals surface area contributed by atoms with Crippen LogP contribution in [-0.4, -0.2) is 37.4 Å². The number of methoxy groups -OCH3 is 1. The van der Waals surface area contributed by atoms with Crippen molar-refractivity contribution >= 4 is 23.2 Å². The molecule has 3 N–H and O–H groups in total. The lowest BCUT2D eigenvalue weighted by molar-refractivity contribution is -0.123. The first-order valence-electron chi connectivity index (χ1n) is 8.80. The van der Waals surface area contributed by atoms with Crippen LogP contribution in [0.2, 0.25) is 0 Å². The van der Waals surface area contributed by atoms with Crippen molar-refractivity contribution in [2.24, 2.45) is 0 Å². The Labute approximate surface area is 170 Å². The fourth-order valence-corrected chi connectivity index (χ4v) is 2.49. The van der Waals surface area contributed by atoms with E-state index >= 15 is 0 Å². The van der Waals surface area contributed by atoms with Crippen molar-refractivity contribution in [1.82, 2.24) is 16.2 Å².